The Morgan fingerprint density at radius 1 is 1.29 bits per heavy atom. The first-order valence-electron chi connectivity index (χ1n) is 7.27. The lowest BCUT2D eigenvalue weighted by molar-refractivity contribution is -0.127. The summed E-state index contributed by atoms with van der Waals surface area (Å²) in [6.45, 7) is 5.67. The average molecular weight is 312 g/mol. The third kappa shape index (κ3) is 5.46. The van der Waals surface area contributed by atoms with E-state index in [0.717, 1.165) is 25.7 Å². The van der Waals surface area contributed by atoms with Crippen LogP contribution in [0.3, 0.4) is 0 Å². The zero-order valence-corrected chi connectivity index (χ0v) is 13.7. The molecule has 0 spiro atoms. The van der Waals surface area contributed by atoms with Gasteiger partial charge in [0.1, 0.15) is 4.90 Å². The van der Waals surface area contributed by atoms with Crippen molar-refractivity contribution in [1.82, 2.24) is 9.71 Å². The molecule has 0 aliphatic carbocycles. The van der Waals surface area contributed by atoms with Crippen LogP contribution in [0.4, 0.5) is 0 Å². The number of aromatic nitrogens is 1. The van der Waals surface area contributed by atoms with Crippen molar-refractivity contribution < 1.29 is 13.2 Å². The van der Waals surface area contributed by atoms with Gasteiger partial charge in [0.25, 0.3) is 10.0 Å². The molecule has 6 heteroatoms. The Balaban J connectivity index is 2.67. The summed E-state index contributed by atoms with van der Waals surface area (Å²) in [5, 5.41) is 0. The van der Waals surface area contributed by atoms with E-state index in [1.165, 1.54) is 24.5 Å². The lowest BCUT2D eigenvalue weighted by Crippen LogP contribution is -2.40. The topological polar surface area (TPSA) is 76.1 Å². The SMILES string of the molecule is CCCCCCC(C)(C)C(=O)NS(=O)(=O)c1cccnc1. The zero-order chi connectivity index (χ0) is 15.9. The number of nitrogens with zero attached hydrogens (tertiary/aromatic N) is 1. The molecule has 0 saturated carbocycles. The number of rotatable bonds is 8. The monoisotopic (exact) mass is 312 g/mol. The van der Waals surface area contributed by atoms with E-state index in [0.29, 0.717) is 6.42 Å². The van der Waals surface area contributed by atoms with Gasteiger partial charge in [-0.1, -0.05) is 46.5 Å². The molecule has 1 heterocycles. The fourth-order valence-electron chi connectivity index (χ4n) is 1.93. The molecule has 1 N–H and O–H groups in total. The Bertz CT molecular complexity index is 554. The number of unbranched alkanes of at least 4 members (excludes halogenated alkanes) is 3. The molecule has 1 amide bonds. The first kappa shape index (κ1) is 17.6. The predicted octanol–water partition coefficient (Wildman–Crippen LogP) is 2.88. The summed E-state index contributed by atoms with van der Waals surface area (Å²) >= 11 is 0. The molecule has 1 rings (SSSR count). The summed E-state index contributed by atoms with van der Waals surface area (Å²) < 4.78 is 26.3. The maximum Gasteiger partial charge on any atom is 0.265 e. The molecule has 21 heavy (non-hydrogen) atoms. The van der Waals surface area contributed by atoms with Gasteiger partial charge in [0, 0.05) is 17.8 Å². The molecule has 5 nitrogen and oxygen atoms in total. The van der Waals surface area contributed by atoms with E-state index in [1.54, 1.807) is 13.8 Å². The average Bonchev–Trinajstić information content (AvgIpc) is 2.44. The van der Waals surface area contributed by atoms with E-state index in [1.807, 2.05) is 0 Å². The van der Waals surface area contributed by atoms with Crippen LogP contribution >= 0.6 is 0 Å². The second-order valence-corrected chi connectivity index (χ2v) is 7.50. The van der Waals surface area contributed by atoms with Crippen LogP contribution in [-0.4, -0.2) is 19.3 Å². The molecule has 118 valence electrons. The number of amides is 1. The van der Waals surface area contributed by atoms with Crippen LogP contribution in [0.5, 0.6) is 0 Å². The minimum absolute atomic E-state index is 0.000123. The standard InChI is InChI=1S/C15H24N2O3S/c1-4-5-6-7-10-15(2,3)14(18)17-21(19,20)13-9-8-11-16-12-13/h8-9,11-12H,4-7,10H2,1-3H3,(H,17,18). The van der Waals surface area contributed by atoms with E-state index in [2.05, 4.69) is 16.6 Å². The number of carbonyl (C=O) groups excluding carboxylic acids is 1. The molecule has 0 fully saturated rings. The Hall–Kier alpha value is -1.43. The van der Waals surface area contributed by atoms with E-state index in [4.69, 9.17) is 0 Å². The number of hydrogen-bond acceptors (Lipinski definition) is 4. The van der Waals surface area contributed by atoms with Crippen LogP contribution in [0.15, 0.2) is 29.4 Å². The normalized spacial score (nSPS) is 12.1. The van der Waals surface area contributed by atoms with Crippen LogP contribution in [0.25, 0.3) is 0 Å². The van der Waals surface area contributed by atoms with Crippen molar-refractivity contribution in [3.63, 3.8) is 0 Å². The zero-order valence-electron chi connectivity index (χ0n) is 12.9. The Morgan fingerprint density at radius 2 is 2.00 bits per heavy atom. The highest BCUT2D eigenvalue weighted by molar-refractivity contribution is 7.90. The third-order valence-corrected chi connectivity index (χ3v) is 4.76. The highest BCUT2D eigenvalue weighted by Gasteiger charge is 2.30. The first-order chi connectivity index (χ1) is 9.79. The van der Waals surface area contributed by atoms with Gasteiger partial charge in [-0.05, 0) is 18.6 Å². The third-order valence-electron chi connectivity index (χ3n) is 3.44. The van der Waals surface area contributed by atoms with Crippen LogP contribution < -0.4 is 4.72 Å². The summed E-state index contributed by atoms with van der Waals surface area (Å²) in [7, 11) is -3.84. The van der Waals surface area contributed by atoms with Gasteiger partial charge in [-0.15, -0.1) is 0 Å². The minimum Gasteiger partial charge on any atom is -0.273 e. The Kier molecular flexibility index (Phi) is 6.33. The van der Waals surface area contributed by atoms with Gasteiger partial charge >= 0.3 is 0 Å². The number of pyridine rings is 1. The maximum atomic E-state index is 12.2. The minimum atomic E-state index is -3.84. The highest BCUT2D eigenvalue weighted by atomic mass is 32.2. The summed E-state index contributed by atoms with van der Waals surface area (Å²) in [6.07, 6.45) is 7.61. The Labute approximate surface area is 127 Å². The van der Waals surface area contributed by atoms with Crippen LogP contribution in [-0.2, 0) is 14.8 Å². The lowest BCUT2D eigenvalue weighted by Gasteiger charge is -2.23. The van der Waals surface area contributed by atoms with Crippen LogP contribution in [0.2, 0.25) is 0 Å². The van der Waals surface area contributed by atoms with Gasteiger partial charge in [0.15, 0.2) is 0 Å². The molecular weight excluding hydrogens is 288 g/mol. The van der Waals surface area contributed by atoms with Crippen molar-refractivity contribution >= 4 is 15.9 Å². The van der Waals surface area contributed by atoms with Gasteiger partial charge in [-0.3, -0.25) is 9.78 Å². The molecule has 0 unspecified atom stereocenters. The smallest absolute Gasteiger partial charge is 0.265 e. The van der Waals surface area contributed by atoms with Gasteiger partial charge in [0.2, 0.25) is 5.91 Å². The van der Waals surface area contributed by atoms with E-state index in [-0.39, 0.29) is 4.90 Å². The summed E-state index contributed by atoms with van der Waals surface area (Å²) in [5.41, 5.74) is -0.705. The molecule has 0 aromatic carbocycles. The van der Waals surface area contributed by atoms with Crippen molar-refractivity contribution in [2.24, 2.45) is 5.41 Å². The molecule has 1 aromatic heterocycles. The summed E-state index contributed by atoms with van der Waals surface area (Å²) in [5.74, 6) is -0.470. The molecule has 0 atom stereocenters. The van der Waals surface area contributed by atoms with E-state index < -0.39 is 21.3 Å². The van der Waals surface area contributed by atoms with E-state index >= 15 is 0 Å². The van der Waals surface area contributed by atoms with Gasteiger partial charge in [0.05, 0.1) is 0 Å². The second-order valence-electron chi connectivity index (χ2n) is 5.82. The van der Waals surface area contributed by atoms with E-state index in [9.17, 15) is 13.2 Å². The highest BCUT2D eigenvalue weighted by Crippen LogP contribution is 2.25. The molecule has 0 saturated heterocycles. The van der Waals surface area contributed by atoms with Crippen molar-refractivity contribution in [1.29, 1.82) is 0 Å². The molecule has 1 aromatic rings. The predicted molar refractivity (Wildman–Crippen MR) is 82.1 cm³/mol. The molecular formula is C15H24N2O3S. The van der Waals surface area contributed by atoms with Crippen molar-refractivity contribution in [2.75, 3.05) is 0 Å². The van der Waals surface area contributed by atoms with Gasteiger partial charge in [-0.25, -0.2) is 13.1 Å². The molecule has 0 radical (unpaired) electrons. The molecule has 0 aliphatic heterocycles. The summed E-state index contributed by atoms with van der Waals surface area (Å²) in [6, 6.07) is 2.94. The number of carbonyl (C=O) groups is 1. The number of sulfonamides is 1. The fraction of sp³-hybridized carbons (Fsp3) is 0.600. The second kappa shape index (κ2) is 7.54. The number of nitrogens with one attached hydrogen (secondary N) is 1. The Morgan fingerprint density at radius 3 is 2.57 bits per heavy atom. The van der Waals surface area contributed by atoms with Gasteiger partial charge < -0.3 is 0 Å². The lowest BCUT2D eigenvalue weighted by atomic mass is 9.86. The van der Waals surface area contributed by atoms with Gasteiger partial charge in [-0.2, -0.15) is 0 Å². The first-order valence-corrected chi connectivity index (χ1v) is 8.75. The molecule has 0 bridgehead atoms. The largest absolute Gasteiger partial charge is 0.273 e. The van der Waals surface area contributed by atoms with Crippen molar-refractivity contribution in [3.8, 4) is 0 Å². The van der Waals surface area contributed by atoms with Crippen molar-refractivity contribution in [3.05, 3.63) is 24.5 Å². The molecule has 0 aliphatic rings. The van der Waals surface area contributed by atoms with Crippen LogP contribution in [0.1, 0.15) is 52.9 Å². The maximum absolute atomic E-state index is 12.2. The summed E-state index contributed by atoms with van der Waals surface area (Å²) in [4.78, 5) is 16.0. The number of hydrogen-bond donors (Lipinski definition) is 1. The fourth-order valence-corrected chi connectivity index (χ4v) is 3.03. The van der Waals surface area contributed by atoms with Crippen LogP contribution in [0, 0.1) is 5.41 Å². The van der Waals surface area contributed by atoms with Crippen molar-refractivity contribution in [2.45, 2.75) is 57.8 Å². The quantitative estimate of drug-likeness (QED) is 0.749.